The van der Waals surface area contributed by atoms with Crippen molar-refractivity contribution in [2.75, 3.05) is 19.0 Å². The number of hydrogen-bond donors (Lipinski definition) is 2. The molecule has 8 nitrogen and oxygen atoms in total. The zero-order valence-electron chi connectivity index (χ0n) is 13.3. The van der Waals surface area contributed by atoms with Crippen molar-refractivity contribution < 1.29 is 18.4 Å². The quantitative estimate of drug-likeness (QED) is 0.649. The van der Waals surface area contributed by atoms with Crippen LogP contribution in [0.1, 0.15) is 5.56 Å². The number of urea groups is 1. The van der Waals surface area contributed by atoms with Crippen molar-refractivity contribution >= 4 is 28.0 Å². The van der Waals surface area contributed by atoms with E-state index in [1.54, 1.807) is 19.2 Å². The molecule has 0 aliphatic rings. The average Bonchev–Trinajstić information content (AvgIpc) is 3.24. The molecule has 0 aliphatic carbocycles. The first-order chi connectivity index (χ1) is 12.1. The lowest BCUT2D eigenvalue weighted by Crippen LogP contribution is -2.30. The van der Waals surface area contributed by atoms with Gasteiger partial charge in [0, 0.05) is 6.54 Å². The van der Waals surface area contributed by atoms with E-state index in [4.69, 9.17) is 13.6 Å². The average molecular weight is 407 g/mol. The highest BCUT2D eigenvalue weighted by Gasteiger charge is 2.13. The molecule has 2 N–H and O–H groups in total. The van der Waals surface area contributed by atoms with Gasteiger partial charge in [0.1, 0.15) is 5.75 Å². The minimum absolute atomic E-state index is 0.00975. The second-order valence-corrected chi connectivity index (χ2v) is 5.78. The molecule has 0 atom stereocenters. The third-order valence-electron chi connectivity index (χ3n) is 3.29. The van der Waals surface area contributed by atoms with Crippen LogP contribution in [0.15, 0.2) is 49.9 Å². The largest absolute Gasteiger partial charge is 0.497 e. The van der Waals surface area contributed by atoms with Crippen LogP contribution in [0, 0.1) is 0 Å². The molecule has 2 heterocycles. The lowest BCUT2D eigenvalue weighted by atomic mass is 10.1. The Morgan fingerprint density at radius 1 is 1.16 bits per heavy atom. The van der Waals surface area contributed by atoms with Crippen molar-refractivity contribution in [2.24, 2.45) is 0 Å². The van der Waals surface area contributed by atoms with E-state index in [9.17, 15) is 4.79 Å². The summed E-state index contributed by atoms with van der Waals surface area (Å²) in [6, 6.07) is 10.6. The van der Waals surface area contributed by atoms with E-state index in [0.29, 0.717) is 23.4 Å². The van der Waals surface area contributed by atoms with Gasteiger partial charge in [-0.3, -0.25) is 5.32 Å². The predicted molar refractivity (Wildman–Crippen MR) is 93.4 cm³/mol. The van der Waals surface area contributed by atoms with Crippen molar-refractivity contribution in [2.45, 2.75) is 6.42 Å². The van der Waals surface area contributed by atoms with Crippen molar-refractivity contribution in [3.8, 4) is 17.4 Å². The number of carbonyl (C=O) groups is 1. The van der Waals surface area contributed by atoms with Gasteiger partial charge in [0.2, 0.25) is 0 Å². The van der Waals surface area contributed by atoms with Crippen molar-refractivity contribution in [3.63, 3.8) is 0 Å². The molecule has 0 bridgehead atoms. The van der Waals surface area contributed by atoms with E-state index < -0.39 is 6.03 Å². The standard InChI is InChI=1S/C16H15BrN4O4/c1-23-11-4-2-10(3-5-11)8-9-18-15(22)19-16-21-20-14(25-16)12-6-7-13(17)24-12/h2-7H,8-9H2,1H3,(H2,18,19,21,22). The lowest BCUT2D eigenvalue weighted by Gasteiger charge is -2.05. The summed E-state index contributed by atoms with van der Waals surface area (Å²) in [6.07, 6.45) is 0.687. The number of benzene rings is 1. The summed E-state index contributed by atoms with van der Waals surface area (Å²) in [5, 5.41) is 12.8. The molecular weight excluding hydrogens is 392 g/mol. The highest BCUT2D eigenvalue weighted by molar-refractivity contribution is 9.10. The summed E-state index contributed by atoms with van der Waals surface area (Å²) in [5.41, 5.74) is 1.09. The van der Waals surface area contributed by atoms with Crippen LogP contribution in [0.3, 0.4) is 0 Å². The zero-order chi connectivity index (χ0) is 17.6. The SMILES string of the molecule is COc1ccc(CCNC(=O)Nc2nnc(-c3ccc(Br)o3)o2)cc1. The fraction of sp³-hybridized carbons (Fsp3) is 0.188. The van der Waals surface area contributed by atoms with Gasteiger partial charge in [0.25, 0.3) is 5.89 Å². The number of hydrogen-bond acceptors (Lipinski definition) is 6. The fourth-order valence-electron chi connectivity index (χ4n) is 2.06. The first kappa shape index (κ1) is 17.0. The Morgan fingerprint density at radius 2 is 1.96 bits per heavy atom. The molecule has 0 saturated heterocycles. The van der Waals surface area contributed by atoms with E-state index in [-0.39, 0.29) is 11.9 Å². The van der Waals surface area contributed by atoms with Gasteiger partial charge in [0.15, 0.2) is 10.4 Å². The maximum atomic E-state index is 11.9. The van der Waals surface area contributed by atoms with E-state index >= 15 is 0 Å². The van der Waals surface area contributed by atoms with Crippen LogP contribution in [-0.2, 0) is 6.42 Å². The number of nitrogens with one attached hydrogen (secondary N) is 2. The molecule has 2 amide bonds. The molecule has 9 heteroatoms. The molecule has 0 unspecified atom stereocenters. The molecule has 0 spiro atoms. The third-order valence-corrected chi connectivity index (χ3v) is 3.71. The van der Waals surface area contributed by atoms with Crippen LogP contribution in [-0.4, -0.2) is 29.9 Å². The van der Waals surface area contributed by atoms with E-state index in [0.717, 1.165) is 11.3 Å². The number of amides is 2. The molecule has 130 valence electrons. The molecule has 25 heavy (non-hydrogen) atoms. The normalized spacial score (nSPS) is 10.5. The second-order valence-electron chi connectivity index (χ2n) is 5.00. The molecule has 0 aliphatic heterocycles. The molecule has 3 aromatic rings. The number of halogens is 1. The predicted octanol–water partition coefficient (Wildman–Crippen LogP) is 3.46. The van der Waals surface area contributed by atoms with Crippen LogP contribution in [0.25, 0.3) is 11.7 Å². The smallest absolute Gasteiger partial charge is 0.324 e. The van der Waals surface area contributed by atoms with Crippen LogP contribution in [0.4, 0.5) is 10.8 Å². The molecule has 3 rings (SSSR count). The number of methoxy groups -OCH3 is 1. The first-order valence-corrected chi connectivity index (χ1v) is 8.20. The fourth-order valence-corrected chi connectivity index (χ4v) is 2.36. The number of furan rings is 1. The van der Waals surface area contributed by atoms with Crippen molar-refractivity contribution in [3.05, 3.63) is 46.6 Å². The minimum atomic E-state index is -0.427. The van der Waals surface area contributed by atoms with Crippen molar-refractivity contribution in [1.82, 2.24) is 15.5 Å². The van der Waals surface area contributed by atoms with Gasteiger partial charge in [-0.1, -0.05) is 17.2 Å². The number of rotatable bonds is 6. The summed E-state index contributed by atoms with van der Waals surface area (Å²) in [5.74, 6) is 1.39. The minimum Gasteiger partial charge on any atom is -0.497 e. The van der Waals surface area contributed by atoms with Gasteiger partial charge < -0.3 is 18.9 Å². The Balaban J connectivity index is 1.47. The Kier molecular flexibility index (Phi) is 5.34. The van der Waals surface area contributed by atoms with Gasteiger partial charge in [-0.2, -0.15) is 0 Å². The summed E-state index contributed by atoms with van der Waals surface area (Å²) in [7, 11) is 1.62. The lowest BCUT2D eigenvalue weighted by molar-refractivity contribution is 0.251. The van der Waals surface area contributed by atoms with Crippen molar-refractivity contribution in [1.29, 1.82) is 0 Å². The van der Waals surface area contributed by atoms with E-state index in [2.05, 4.69) is 36.8 Å². The van der Waals surface area contributed by atoms with Crippen LogP contribution in [0.2, 0.25) is 0 Å². The molecule has 0 saturated carbocycles. The van der Waals surface area contributed by atoms with Crippen LogP contribution < -0.4 is 15.4 Å². The topological polar surface area (TPSA) is 102 Å². The van der Waals surface area contributed by atoms with Gasteiger partial charge in [-0.15, -0.1) is 5.10 Å². The van der Waals surface area contributed by atoms with E-state index in [1.807, 2.05) is 24.3 Å². The number of ether oxygens (including phenoxy) is 1. The first-order valence-electron chi connectivity index (χ1n) is 7.41. The Morgan fingerprint density at radius 3 is 2.64 bits per heavy atom. The molecule has 0 fully saturated rings. The Bertz CT molecular complexity index is 844. The number of anilines is 1. The summed E-state index contributed by atoms with van der Waals surface area (Å²) < 4.78 is 16.3. The second kappa shape index (κ2) is 7.84. The molecule has 0 radical (unpaired) electrons. The molecular formula is C16H15BrN4O4. The van der Waals surface area contributed by atoms with Crippen LogP contribution in [0.5, 0.6) is 5.75 Å². The number of aromatic nitrogens is 2. The van der Waals surface area contributed by atoms with E-state index in [1.165, 1.54) is 0 Å². The van der Waals surface area contributed by atoms with Gasteiger partial charge >= 0.3 is 12.0 Å². The highest BCUT2D eigenvalue weighted by atomic mass is 79.9. The van der Waals surface area contributed by atoms with Gasteiger partial charge in [-0.25, -0.2) is 4.79 Å². The third kappa shape index (κ3) is 4.60. The maximum Gasteiger partial charge on any atom is 0.324 e. The summed E-state index contributed by atoms with van der Waals surface area (Å²) in [4.78, 5) is 11.9. The van der Waals surface area contributed by atoms with Gasteiger partial charge in [-0.05, 0) is 52.2 Å². The molecule has 2 aromatic heterocycles. The van der Waals surface area contributed by atoms with Crippen LogP contribution >= 0.6 is 15.9 Å². The molecule has 1 aromatic carbocycles. The number of carbonyl (C=O) groups excluding carboxylic acids is 1. The maximum absolute atomic E-state index is 11.9. The Labute approximate surface area is 151 Å². The summed E-state index contributed by atoms with van der Waals surface area (Å²) in [6.45, 7) is 0.463. The Hall–Kier alpha value is -2.81. The zero-order valence-corrected chi connectivity index (χ0v) is 14.9. The monoisotopic (exact) mass is 406 g/mol. The highest BCUT2D eigenvalue weighted by Crippen LogP contribution is 2.24. The van der Waals surface area contributed by atoms with Gasteiger partial charge in [0.05, 0.1) is 7.11 Å². The number of nitrogens with zero attached hydrogens (tertiary/aromatic N) is 2. The summed E-state index contributed by atoms with van der Waals surface area (Å²) >= 11 is 3.19.